The molecule has 0 bridgehead atoms. The average Bonchev–Trinajstić information content (AvgIpc) is 2.96. The van der Waals surface area contributed by atoms with E-state index in [1.807, 2.05) is 24.3 Å². The summed E-state index contributed by atoms with van der Waals surface area (Å²) in [6, 6.07) is 7.41. The summed E-state index contributed by atoms with van der Waals surface area (Å²) in [7, 11) is 1.59. The normalized spacial score (nSPS) is 11.5. The van der Waals surface area contributed by atoms with Crippen LogP contribution in [0.5, 0.6) is 0 Å². The Bertz CT molecular complexity index is 662. The highest BCUT2D eigenvalue weighted by Crippen LogP contribution is 2.25. The third kappa shape index (κ3) is 4.87. The number of methoxy groups -OCH3 is 1. The molecule has 0 unspecified atom stereocenters. The monoisotopic (exact) mass is 332 g/mol. The minimum absolute atomic E-state index is 0.0401. The van der Waals surface area contributed by atoms with Crippen LogP contribution in [0.2, 0.25) is 0 Å². The quantitative estimate of drug-likeness (QED) is 0.786. The Kier molecular flexibility index (Phi) is 6.05. The van der Waals surface area contributed by atoms with E-state index in [9.17, 15) is 4.79 Å². The molecule has 0 atom stereocenters. The number of nitrogens with one attached hydrogen (secondary N) is 1. The van der Waals surface area contributed by atoms with Crippen molar-refractivity contribution in [2.45, 2.75) is 26.2 Å². The molecule has 2 aromatic rings. The molecule has 0 aromatic carbocycles. The predicted octanol–water partition coefficient (Wildman–Crippen LogP) is 2.17. The van der Waals surface area contributed by atoms with Crippen LogP contribution in [-0.2, 0) is 19.7 Å². The van der Waals surface area contributed by atoms with Gasteiger partial charge in [-0.15, -0.1) is 0 Å². The molecule has 1 N–H and O–H groups in total. The van der Waals surface area contributed by atoms with E-state index in [4.69, 9.17) is 9.47 Å². The Morgan fingerprint density at radius 1 is 1.29 bits per heavy atom. The zero-order valence-corrected chi connectivity index (χ0v) is 14.6. The smallest absolute Gasteiger partial charge is 0.251 e. The molecule has 1 amide bonds. The van der Waals surface area contributed by atoms with Gasteiger partial charge < -0.3 is 14.8 Å². The number of aromatic nitrogens is 3. The fourth-order valence-electron chi connectivity index (χ4n) is 1.98. The lowest BCUT2D eigenvalue weighted by Gasteiger charge is -2.13. The number of rotatable bonds is 7. The van der Waals surface area contributed by atoms with Crippen molar-refractivity contribution in [3.05, 3.63) is 36.2 Å². The van der Waals surface area contributed by atoms with Crippen molar-refractivity contribution in [3.63, 3.8) is 0 Å². The van der Waals surface area contributed by atoms with Crippen LogP contribution in [0.3, 0.4) is 0 Å². The summed E-state index contributed by atoms with van der Waals surface area (Å²) >= 11 is 0. The van der Waals surface area contributed by atoms with E-state index >= 15 is 0 Å². The third-order valence-corrected chi connectivity index (χ3v) is 3.28. The van der Waals surface area contributed by atoms with Gasteiger partial charge in [0.05, 0.1) is 18.9 Å². The summed E-state index contributed by atoms with van der Waals surface area (Å²) < 4.78 is 11.8. The van der Waals surface area contributed by atoms with Gasteiger partial charge in [0.15, 0.2) is 5.82 Å². The second-order valence-electron chi connectivity index (χ2n) is 6.36. The highest BCUT2D eigenvalue weighted by atomic mass is 16.5. The van der Waals surface area contributed by atoms with Crippen LogP contribution in [0, 0.1) is 0 Å². The van der Waals surface area contributed by atoms with Crippen molar-refractivity contribution in [1.29, 1.82) is 0 Å². The Morgan fingerprint density at radius 3 is 2.71 bits per heavy atom. The van der Waals surface area contributed by atoms with E-state index in [1.165, 1.54) is 0 Å². The molecular weight excluding hydrogens is 308 g/mol. The standard InChI is InChI=1S/C17H24N4O3/c1-17(2,3)13-11-15(19-16(22)12-24-10-9-23-4)21(20-13)14-7-5-6-8-18-14/h5-8,11H,9-10,12H2,1-4H3,(H,19,22). The number of ether oxygens (including phenoxy) is 2. The third-order valence-electron chi connectivity index (χ3n) is 3.28. The van der Waals surface area contributed by atoms with Crippen LogP contribution in [0.15, 0.2) is 30.5 Å². The minimum atomic E-state index is -0.247. The Labute approximate surface area is 142 Å². The van der Waals surface area contributed by atoms with Crippen molar-refractivity contribution in [2.24, 2.45) is 0 Å². The zero-order valence-electron chi connectivity index (χ0n) is 14.6. The first-order valence-corrected chi connectivity index (χ1v) is 7.80. The molecule has 0 aliphatic carbocycles. The van der Waals surface area contributed by atoms with Crippen LogP contribution < -0.4 is 5.32 Å². The molecular formula is C17H24N4O3. The number of nitrogens with zero attached hydrogens (tertiary/aromatic N) is 3. The molecule has 24 heavy (non-hydrogen) atoms. The number of hydrogen-bond acceptors (Lipinski definition) is 5. The Balaban J connectivity index is 2.18. The number of pyridine rings is 1. The summed E-state index contributed by atoms with van der Waals surface area (Å²) in [6.07, 6.45) is 1.69. The van der Waals surface area contributed by atoms with E-state index in [2.05, 4.69) is 36.2 Å². The molecule has 2 heterocycles. The van der Waals surface area contributed by atoms with Crippen molar-refractivity contribution in [1.82, 2.24) is 14.8 Å². The first-order chi connectivity index (χ1) is 11.4. The second kappa shape index (κ2) is 8.03. The first-order valence-electron chi connectivity index (χ1n) is 7.80. The van der Waals surface area contributed by atoms with Gasteiger partial charge in [-0.05, 0) is 12.1 Å². The van der Waals surface area contributed by atoms with Crippen LogP contribution in [0.4, 0.5) is 5.82 Å². The number of anilines is 1. The van der Waals surface area contributed by atoms with E-state index < -0.39 is 0 Å². The number of carbonyl (C=O) groups excluding carboxylic acids is 1. The van der Waals surface area contributed by atoms with Crippen LogP contribution in [0.25, 0.3) is 5.82 Å². The highest BCUT2D eigenvalue weighted by Gasteiger charge is 2.21. The number of amides is 1. The maximum atomic E-state index is 12.1. The summed E-state index contributed by atoms with van der Waals surface area (Å²) in [5.41, 5.74) is 0.720. The summed E-state index contributed by atoms with van der Waals surface area (Å²) in [5, 5.41) is 7.43. The number of hydrogen-bond donors (Lipinski definition) is 1. The lowest BCUT2D eigenvalue weighted by molar-refractivity contribution is -0.121. The maximum absolute atomic E-state index is 12.1. The largest absolute Gasteiger partial charge is 0.382 e. The number of carbonyl (C=O) groups is 1. The molecule has 0 radical (unpaired) electrons. The van der Waals surface area contributed by atoms with Gasteiger partial charge >= 0.3 is 0 Å². The predicted molar refractivity (Wildman–Crippen MR) is 91.4 cm³/mol. The molecule has 7 heteroatoms. The SMILES string of the molecule is COCCOCC(=O)Nc1cc(C(C)(C)C)nn1-c1ccccn1. The van der Waals surface area contributed by atoms with Gasteiger partial charge in [0.2, 0.25) is 0 Å². The molecule has 0 saturated carbocycles. The van der Waals surface area contributed by atoms with Crippen LogP contribution in [0.1, 0.15) is 26.5 Å². The lowest BCUT2D eigenvalue weighted by atomic mass is 9.92. The molecule has 2 rings (SSSR count). The topological polar surface area (TPSA) is 78.3 Å². The summed E-state index contributed by atoms with van der Waals surface area (Å²) in [6.45, 7) is 6.98. The van der Waals surface area contributed by atoms with E-state index in [0.717, 1.165) is 5.69 Å². The summed E-state index contributed by atoms with van der Waals surface area (Å²) in [5.74, 6) is 0.964. The molecule has 0 saturated heterocycles. The maximum Gasteiger partial charge on any atom is 0.251 e. The fourth-order valence-corrected chi connectivity index (χ4v) is 1.98. The van der Waals surface area contributed by atoms with Crippen molar-refractivity contribution < 1.29 is 14.3 Å². The van der Waals surface area contributed by atoms with E-state index in [0.29, 0.717) is 24.8 Å². The molecule has 0 aliphatic heterocycles. The van der Waals surface area contributed by atoms with Gasteiger partial charge in [0.25, 0.3) is 5.91 Å². The highest BCUT2D eigenvalue weighted by molar-refractivity contribution is 5.91. The Hall–Kier alpha value is -2.25. The average molecular weight is 332 g/mol. The Morgan fingerprint density at radius 2 is 2.08 bits per heavy atom. The fraction of sp³-hybridized carbons (Fsp3) is 0.471. The molecule has 0 fully saturated rings. The van der Waals surface area contributed by atoms with Crippen molar-refractivity contribution in [3.8, 4) is 5.82 Å². The second-order valence-corrected chi connectivity index (χ2v) is 6.36. The van der Waals surface area contributed by atoms with Gasteiger partial charge in [-0.3, -0.25) is 4.79 Å². The summed E-state index contributed by atoms with van der Waals surface area (Å²) in [4.78, 5) is 16.4. The molecule has 7 nitrogen and oxygen atoms in total. The van der Waals surface area contributed by atoms with Crippen molar-refractivity contribution >= 4 is 11.7 Å². The zero-order chi connectivity index (χ0) is 17.6. The molecule has 2 aromatic heterocycles. The molecule has 130 valence electrons. The van der Waals surface area contributed by atoms with Crippen LogP contribution >= 0.6 is 0 Å². The minimum Gasteiger partial charge on any atom is -0.382 e. The van der Waals surface area contributed by atoms with Crippen molar-refractivity contribution in [2.75, 3.05) is 32.2 Å². The molecule has 0 aliphatic rings. The lowest BCUT2D eigenvalue weighted by Crippen LogP contribution is -2.21. The van der Waals surface area contributed by atoms with Gasteiger partial charge in [-0.1, -0.05) is 26.8 Å². The van der Waals surface area contributed by atoms with Gasteiger partial charge in [-0.25, -0.2) is 4.98 Å². The van der Waals surface area contributed by atoms with Gasteiger partial charge in [-0.2, -0.15) is 9.78 Å². The van der Waals surface area contributed by atoms with Gasteiger partial charge in [0, 0.05) is 24.8 Å². The van der Waals surface area contributed by atoms with Crippen LogP contribution in [-0.4, -0.2) is 47.6 Å². The van der Waals surface area contributed by atoms with Gasteiger partial charge in [0.1, 0.15) is 12.4 Å². The van der Waals surface area contributed by atoms with E-state index in [-0.39, 0.29) is 17.9 Å². The molecule has 0 spiro atoms. The first kappa shape index (κ1) is 18.1. The van der Waals surface area contributed by atoms with E-state index in [1.54, 1.807) is 18.0 Å².